The number of carbonyl (C=O) groups excluding carboxylic acids is 1. The molecule has 0 spiro atoms. The van der Waals surface area contributed by atoms with Gasteiger partial charge in [0.05, 0.1) is 28.2 Å². The molecule has 7 heteroatoms. The Kier molecular flexibility index (Phi) is 4.59. The van der Waals surface area contributed by atoms with Crippen molar-refractivity contribution in [2.24, 2.45) is 0 Å². The first-order valence-electron chi connectivity index (χ1n) is 7.85. The van der Waals surface area contributed by atoms with E-state index in [0.717, 1.165) is 15.2 Å². The van der Waals surface area contributed by atoms with Gasteiger partial charge in [0.2, 0.25) is 5.91 Å². The van der Waals surface area contributed by atoms with Gasteiger partial charge in [-0.2, -0.15) is 0 Å². The van der Waals surface area contributed by atoms with E-state index < -0.39 is 0 Å². The Bertz CT molecular complexity index is 895. The molecule has 0 bridgehead atoms. The summed E-state index contributed by atoms with van der Waals surface area (Å²) in [6.07, 6.45) is 0. The van der Waals surface area contributed by atoms with E-state index in [4.69, 9.17) is 4.74 Å². The van der Waals surface area contributed by atoms with E-state index in [1.165, 1.54) is 12.1 Å². The summed E-state index contributed by atoms with van der Waals surface area (Å²) in [7, 11) is 0. The van der Waals surface area contributed by atoms with Crippen LogP contribution < -0.4 is 9.64 Å². The van der Waals surface area contributed by atoms with Crippen LogP contribution in [-0.2, 0) is 10.5 Å². The fourth-order valence-corrected chi connectivity index (χ4v) is 4.66. The smallest absolute Gasteiger partial charge is 0.237 e. The van der Waals surface area contributed by atoms with Gasteiger partial charge in [-0.15, -0.1) is 23.1 Å². The number of carbonyl (C=O) groups is 1. The molecule has 2 aromatic carbocycles. The normalized spacial score (nSPS) is 13.6. The first-order valence-corrected chi connectivity index (χ1v) is 9.83. The molecule has 0 unspecified atom stereocenters. The number of hydrogen-bond acceptors (Lipinski definition) is 5. The first kappa shape index (κ1) is 16.4. The van der Waals surface area contributed by atoms with Crippen molar-refractivity contribution < 1.29 is 13.9 Å². The second-order valence-corrected chi connectivity index (χ2v) is 7.67. The molecule has 1 amide bonds. The summed E-state index contributed by atoms with van der Waals surface area (Å²) in [5.74, 6) is 1.12. The van der Waals surface area contributed by atoms with Crippen LogP contribution in [0.5, 0.6) is 5.75 Å². The Balaban J connectivity index is 1.39. The van der Waals surface area contributed by atoms with Gasteiger partial charge in [0.25, 0.3) is 0 Å². The summed E-state index contributed by atoms with van der Waals surface area (Å²) in [6, 6.07) is 12.3. The summed E-state index contributed by atoms with van der Waals surface area (Å²) in [6.45, 7) is 0.865. The van der Waals surface area contributed by atoms with Crippen LogP contribution in [0.15, 0.2) is 42.5 Å². The lowest BCUT2D eigenvalue weighted by Gasteiger charge is -2.29. The van der Waals surface area contributed by atoms with Crippen molar-refractivity contribution in [2.75, 3.05) is 23.8 Å². The van der Waals surface area contributed by atoms with Gasteiger partial charge in [-0.05, 0) is 24.3 Å². The molecule has 4 rings (SSSR count). The largest absolute Gasteiger partial charge is 0.489 e. The van der Waals surface area contributed by atoms with Gasteiger partial charge in [-0.1, -0.05) is 12.1 Å². The number of aromatic nitrogens is 1. The van der Waals surface area contributed by atoms with Gasteiger partial charge in [-0.3, -0.25) is 4.79 Å². The number of anilines is 1. The predicted molar refractivity (Wildman–Crippen MR) is 100 cm³/mol. The maximum Gasteiger partial charge on any atom is 0.237 e. The summed E-state index contributed by atoms with van der Waals surface area (Å²) in [5, 5.41) is 1.02. The van der Waals surface area contributed by atoms with Crippen molar-refractivity contribution in [3.05, 3.63) is 53.3 Å². The number of ether oxygens (including phenoxy) is 1. The van der Waals surface area contributed by atoms with Gasteiger partial charge < -0.3 is 9.64 Å². The third-order valence-corrected chi connectivity index (χ3v) is 6.02. The monoisotopic (exact) mass is 374 g/mol. The summed E-state index contributed by atoms with van der Waals surface area (Å²) >= 11 is 3.20. The molecule has 25 heavy (non-hydrogen) atoms. The van der Waals surface area contributed by atoms with Gasteiger partial charge in [0, 0.05) is 11.8 Å². The molecular formula is C18H15FN2O2S2. The number of halogens is 1. The lowest BCUT2D eigenvalue weighted by Crippen LogP contribution is -2.39. The number of para-hydroxylation sites is 1. The third kappa shape index (κ3) is 3.48. The number of amides is 1. The molecule has 0 saturated carbocycles. The van der Waals surface area contributed by atoms with Crippen LogP contribution in [0.1, 0.15) is 5.01 Å². The molecular weight excluding hydrogens is 359 g/mol. The standard InChI is InChI=1S/C18H15FN2O2S2/c19-12-5-6-14-15(9-12)23-8-7-21(14)18(22)11-24-10-17-20-13-3-1-2-4-16(13)25-17/h1-6,9H,7-8,10-11H2. The Morgan fingerprint density at radius 3 is 3.08 bits per heavy atom. The summed E-state index contributed by atoms with van der Waals surface area (Å²) < 4.78 is 19.9. The maximum atomic E-state index is 13.3. The van der Waals surface area contributed by atoms with Gasteiger partial charge in [0.15, 0.2) is 0 Å². The van der Waals surface area contributed by atoms with Crippen LogP contribution in [0.25, 0.3) is 10.2 Å². The van der Waals surface area contributed by atoms with Crippen molar-refractivity contribution in [3.8, 4) is 5.75 Å². The molecule has 0 N–H and O–H groups in total. The van der Waals surface area contributed by atoms with Crippen LogP contribution in [0.4, 0.5) is 10.1 Å². The maximum absolute atomic E-state index is 13.3. The van der Waals surface area contributed by atoms with Gasteiger partial charge in [0.1, 0.15) is 23.2 Å². The fourth-order valence-electron chi connectivity index (χ4n) is 2.74. The fraction of sp³-hybridized carbons (Fsp3) is 0.222. The molecule has 0 fully saturated rings. The van der Waals surface area contributed by atoms with Crippen molar-refractivity contribution in [1.82, 2.24) is 4.98 Å². The highest BCUT2D eigenvalue weighted by atomic mass is 32.2. The summed E-state index contributed by atoms with van der Waals surface area (Å²) in [4.78, 5) is 18.8. The third-order valence-electron chi connectivity index (χ3n) is 3.88. The number of thiazole rings is 1. The molecule has 0 radical (unpaired) electrons. The number of rotatable bonds is 4. The highest BCUT2D eigenvalue weighted by molar-refractivity contribution is 7.99. The van der Waals surface area contributed by atoms with E-state index in [-0.39, 0.29) is 11.7 Å². The number of hydrogen-bond donors (Lipinski definition) is 0. The minimum absolute atomic E-state index is 0.00210. The van der Waals surface area contributed by atoms with Crippen LogP contribution in [0, 0.1) is 5.82 Å². The zero-order chi connectivity index (χ0) is 17.2. The van der Waals surface area contributed by atoms with Crippen molar-refractivity contribution >= 4 is 44.9 Å². The quantitative estimate of drug-likeness (QED) is 0.690. The number of nitrogens with zero attached hydrogens (tertiary/aromatic N) is 2. The van der Waals surface area contributed by atoms with Crippen LogP contribution in [0.3, 0.4) is 0 Å². The number of benzene rings is 2. The van der Waals surface area contributed by atoms with Crippen LogP contribution in [-0.4, -0.2) is 29.8 Å². The number of fused-ring (bicyclic) bond motifs is 2. The van der Waals surface area contributed by atoms with Gasteiger partial charge >= 0.3 is 0 Å². The average Bonchev–Trinajstić information content (AvgIpc) is 3.03. The molecule has 0 saturated heterocycles. The topological polar surface area (TPSA) is 42.4 Å². The Hall–Kier alpha value is -2.12. The molecule has 4 nitrogen and oxygen atoms in total. The second kappa shape index (κ2) is 7.01. The molecule has 2 heterocycles. The van der Waals surface area contributed by atoms with E-state index in [9.17, 15) is 9.18 Å². The molecule has 1 aromatic heterocycles. The SMILES string of the molecule is O=C(CSCc1nc2ccccc2s1)N1CCOc2cc(F)ccc21. The Morgan fingerprint density at radius 1 is 1.32 bits per heavy atom. The van der Waals surface area contributed by atoms with Crippen LogP contribution in [0.2, 0.25) is 0 Å². The zero-order valence-electron chi connectivity index (χ0n) is 13.3. The van der Waals surface area contributed by atoms with E-state index in [0.29, 0.717) is 36.1 Å². The second-order valence-electron chi connectivity index (χ2n) is 5.57. The first-order chi connectivity index (χ1) is 12.2. The molecule has 0 atom stereocenters. The predicted octanol–water partition coefficient (Wildman–Crippen LogP) is 4.09. The minimum atomic E-state index is -0.363. The summed E-state index contributed by atoms with van der Waals surface area (Å²) in [5.41, 5.74) is 1.64. The van der Waals surface area contributed by atoms with E-state index in [1.807, 2.05) is 18.2 Å². The van der Waals surface area contributed by atoms with Crippen molar-refractivity contribution in [1.29, 1.82) is 0 Å². The molecule has 1 aliphatic rings. The van der Waals surface area contributed by atoms with Gasteiger partial charge in [-0.25, -0.2) is 9.37 Å². The highest BCUT2D eigenvalue weighted by Gasteiger charge is 2.24. The number of thioether (sulfide) groups is 1. The molecule has 0 aliphatic carbocycles. The van der Waals surface area contributed by atoms with E-state index >= 15 is 0 Å². The van der Waals surface area contributed by atoms with Crippen molar-refractivity contribution in [3.63, 3.8) is 0 Å². The van der Waals surface area contributed by atoms with Crippen LogP contribution >= 0.6 is 23.1 Å². The Labute approximate surface area is 152 Å². The van der Waals surface area contributed by atoms with E-state index in [1.54, 1.807) is 34.1 Å². The lowest BCUT2D eigenvalue weighted by atomic mass is 10.2. The highest BCUT2D eigenvalue weighted by Crippen LogP contribution is 2.33. The molecule has 1 aliphatic heterocycles. The lowest BCUT2D eigenvalue weighted by molar-refractivity contribution is -0.116. The van der Waals surface area contributed by atoms with Crippen molar-refractivity contribution in [2.45, 2.75) is 5.75 Å². The zero-order valence-corrected chi connectivity index (χ0v) is 14.9. The Morgan fingerprint density at radius 2 is 2.20 bits per heavy atom. The molecule has 3 aromatic rings. The molecule has 128 valence electrons. The van der Waals surface area contributed by atoms with E-state index in [2.05, 4.69) is 11.1 Å². The average molecular weight is 374 g/mol. The minimum Gasteiger partial charge on any atom is -0.489 e.